The molecule has 0 saturated carbocycles. The van der Waals surface area contributed by atoms with Crippen molar-refractivity contribution >= 4 is 15.9 Å². The summed E-state index contributed by atoms with van der Waals surface area (Å²) in [5.41, 5.74) is 0.942. The van der Waals surface area contributed by atoms with Crippen LogP contribution in [0.5, 0.6) is 0 Å². The van der Waals surface area contributed by atoms with Crippen molar-refractivity contribution in [2.24, 2.45) is 0 Å². The maximum Gasteiger partial charge on any atom is 0.137 e. The maximum atomic E-state index is 13.0. The summed E-state index contributed by atoms with van der Waals surface area (Å²) in [5, 5.41) is 3.05. The van der Waals surface area contributed by atoms with E-state index in [1.807, 2.05) is 20.0 Å². The van der Waals surface area contributed by atoms with E-state index >= 15 is 0 Å². The minimum Gasteiger partial charge on any atom is -0.313 e. The maximum absolute atomic E-state index is 13.0. The van der Waals surface area contributed by atoms with Gasteiger partial charge in [0.15, 0.2) is 0 Å². The predicted octanol–water partition coefficient (Wildman–Crippen LogP) is 2.87. The van der Waals surface area contributed by atoms with Gasteiger partial charge in [0, 0.05) is 6.04 Å². The van der Waals surface area contributed by atoms with Crippen LogP contribution in [0.25, 0.3) is 0 Å². The van der Waals surface area contributed by atoms with Crippen molar-refractivity contribution in [2.45, 2.75) is 13.0 Å². The third kappa shape index (κ3) is 1.84. The standard InChI is InChI=1S/C9H11BrFN/c1-6(12-2)7-4-3-5-8(11)9(7)10/h3-6,12H,1-2H3. The van der Waals surface area contributed by atoms with Crippen LogP contribution in [-0.4, -0.2) is 7.05 Å². The zero-order chi connectivity index (χ0) is 9.14. The quantitative estimate of drug-likeness (QED) is 0.826. The van der Waals surface area contributed by atoms with Gasteiger partial charge in [-0.3, -0.25) is 0 Å². The van der Waals surface area contributed by atoms with E-state index in [0.717, 1.165) is 5.56 Å². The van der Waals surface area contributed by atoms with Gasteiger partial charge < -0.3 is 5.32 Å². The molecule has 0 bridgehead atoms. The van der Waals surface area contributed by atoms with Crippen LogP contribution >= 0.6 is 15.9 Å². The number of hydrogen-bond acceptors (Lipinski definition) is 1. The average molecular weight is 232 g/mol. The fourth-order valence-electron chi connectivity index (χ4n) is 1.01. The number of hydrogen-bond donors (Lipinski definition) is 1. The molecule has 0 aromatic heterocycles. The fraction of sp³-hybridized carbons (Fsp3) is 0.333. The highest BCUT2D eigenvalue weighted by molar-refractivity contribution is 9.10. The molecule has 1 unspecified atom stereocenters. The molecule has 0 aliphatic carbocycles. The summed E-state index contributed by atoms with van der Waals surface area (Å²) >= 11 is 3.21. The molecule has 0 amide bonds. The van der Waals surface area contributed by atoms with E-state index < -0.39 is 0 Å². The summed E-state index contributed by atoms with van der Waals surface area (Å²) in [4.78, 5) is 0. The van der Waals surface area contributed by atoms with Crippen LogP contribution in [0, 0.1) is 5.82 Å². The Labute approximate surface area is 80.1 Å². The Bertz CT molecular complexity index is 275. The molecule has 66 valence electrons. The number of rotatable bonds is 2. The third-order valence-corrected chi connectivity index (χ3v) is 2.72. The first-order chi connectivity index (χ1) is 5.66. The molecular weight excluding hydrogens is 221 g/mol. The first kappa shape index (κ1) is 9.68. The molecule has 0 radical (unpaired) electrons. The first-order valence-corrected chi connectivity index (χ1v) is 4.57. The second kappa shape index (κ2) is 4.01. The van der Waals surface area contributed by atoms with E-state index in [2.05, 4.69) is 21.2 Å². The molecule has 12 heavy (non-hydrogen) atoms. The van der Waals surface area contributed by atoms with E-state index in [9.17, 15) is 4.39 Å². The second-order valence-corrected chi connectivity index (χ2v) is 3.45. The Balaban J connectivity index is 3.07. The number of nitrogens with one attached hydrogen (secondary N) is 1. The summed E-state index contributed by atoms with van der Waals surface area (Å²) < 4.78 is 13.5. The van der Waals surface area contributed by atoms with Crippen molar-refractivity contribution in [3.8, 4) is 0 Å². The zero-order valence-electron chi connectivity index (χ0n) is 7.07. The Kier molecular flexibility index (Phi) is 3.23. The molecule has 1 aromatic rings. The minimum atomic E-state index is -0.213. The largest absolute Gasteiger partial charge is 0.313 e. The Morgan fingerprint density at radius 2 is 2.17 bits per heavy atom. The number of benzene rings is 1. The van der Waals surface area contributed by atoms with Crippen molar-refractivity contribution in [1.82, 2.24) is 5.32 Å². The lowest BCUT2D eigenvalue weighted by atomic mass is 10.1. The molecule has 1 N–H and O–H groups in total. The highest BCUT2D eigenvalue weighted by atomic mass is 79.9. The average Bonchev–Trinajstić information content (AvgIpc) is 2.08. The van der Waals surface area contributed by atoms with Gasteiger partial charge in [-0.25, -0.2) is 4.39 Å². The van der Waals surface area contributed by atoms with E-state index in [1.54, 1.807) is 6.07 Å². The molecule has 0 saturated heterocycles. The van der Waals surface area contributed by atoms with Crippen molar-refractivity contribution in [2.75, 3.05) is 7.05 Å². The normalized spacial score (nSPS) is 13.0. The highest BCUT2D eigenvalue weighted by Crippen LogP contribution is 2.25. The van der Waals surface area contributed by atoms with Gasteiger partial charge in [0.1, 0.15) is 5.82 Å². The van der Waals surface area contributed by atoms with Crippen LogP contribution in [0.4, 0.5) is 4.39 Å². The first-order valence-electron chi connectivity index (χ1n) is 3.78. The summed E-state index contributed by atoms with van der Waals surface area (Å²) in [6, 6.07) is 5.21. The third-order valence-electron chi connectivity index (χ3n) is 1.88. The smallest absolute Gasteiger partial charge is 0.137 e. The van der Waals surface area contributed by atoms with E-state index in [1.165, 1.54) is 6.07 Å². The highest BCUT2D eigenvalue weighted by Gasteiger charge is 2.09. The Hall–Kier alpha value is -0.410. The molecule has 0 fully saturated rings. The molecular formula is C9H11BrFN. The van der Waals surface area contributed by atoms with Crippen LogP contribution in [0.3, 0.4) is 0 Å². The minimum absolute atomic E-state index is 0.162. The van der Waals surface area contributed by atoms with Crippen molar-refractivity contribution < 1.29 is 4.39 Å². The molecule has 1 aromatic carbocycles. The molecule has 0 aliphatic heterocycles. The van der Waals surface area contributed by atoms with Gasteiger partial charge in [0.05, 0.1) is 4.47 Å². The molecule has 0 aliphatic rings. The van der Waals surface area contributed by atoms with Crippen molar-refractivity contribution in [3.63, 3.8) is 0 Å². The Morgan fingerprint density at radius 1 is 1.50 bits per heavy atom. The molecule has 3 heteroatoms. The van der Waals surface area contributed by atoms with Gasteiger partial charge in [-0.15, -0.1) is 0 Å². The van der Waals surface area contributed by atoms with Crippen LogP contribution in [0.15, 0.2) is 22.7 Å². The van der Waals surface area contributed by atoms with Gasteiger partial charge >= 0.3 is 0 Å². The van der Waals surface area contributed by atoms with Crippen LogP contribution in [-0.2, 0) is 0 Å². The van der Waals surface area contributed by atoms with Gasteiger partial charge in [-0.05, 0) is 41.5 Å². The molecule has 1 atom stereocenters. The van der Waals surface area contributed by atoms with Gasteiger partial charge in [-0.1, -0.05) is 12.1 Å². The lowest BCUT2D eigenvalue weighted by molar-refractivity contribution is 0.600. The lowest BCUT2D eigenvalue weighted by Gasteiger charge is -2.12. The summed E-state index contributed by atoms with van der Waals surface area (Å²) in [7, 11) is 1.85. The molecule has 1 nitrogen and oxygen atoms in total. The van der Waals surface area contributed by atoms with E-state index in [-0.39, 0.29) is 11.9 Å². The monoisotopic (exact) mass is 231 g/mol. The predicted molar refractivity (Wildman–Crippen MR) is 51.6 cm³/mol. The topological polar surface area (TPSA) is 12.0 Å². The fourth-order valence-corrected chi connectivity index (χ4v) is 1.62. The van der Waals surface area contributed by atoms with Crippen LogP contribution in [0.1, 0.15) is 18.5 Å². The van der Waals surface area contributed by atoms with Gasteiger partial charge in [0.2, 0.25) is 0 Å². The van der Waals surface area contributed by atoms with E-state index in [0.29, 0.717) is 4.47 Å². The lowest BCUT2D eigenvalue weighted by Crippen LogP contribution is -2.13. The summed E-state index contributed by atoms with van der Waals surface area (Å²) in [6.45, 7) is 1.99. The van der Waals surface area contributed by atoms with Gasteiger partial charge in [-0.2, -0.15) is 0 Å². The zero-order valence-corrected chi connectivity index (χ0v) is 8.65. The number of halogens is 2. The Morgan fingerprint density at radius 3 is 2.75 bits per heavy atom. The van der Waals surface area contributed by atoms with Crippen LogP contribution < -0.4 is 5.32 Å². The van der Waals surface area contributed by atoms with Crippen molar-refractivity contribution in [3.05, 3.63) is 34.1 Å². The molecule has 0 heterocycles. The van der Waals surface area contributed by atoms with Crippen molar-refractivity contribution in [1.29, 1.82) is 0 Å². The van der Waals surface area contributed by atoms with Crippen LogP contribution in [0.2, 0.25) is 0 Å². The second-order valence-electron chi connectivity index (χ2n) is 2.65. The molecule has 0 spiro atoms. The SMILES string of the molecule is CNC(C)c1cccc(F)c1Br. The molecule has 1 rings (SSSR count). The summed E-state index contributed by atoms with van der Waals surface area (Å²) in [6.07, 6.45) is 0. The van der Waals surface area contributed by atoms with E-state index in [4.69, 9.17) is 0 Å². The summed E-state index contributed by atoms with van der Waals surface area (Å²) in [5.74, 6) is -0.213. The van der Waals surface area contributed by atoms with Gasteiger partial charge in [0.25, 0.3) is 0 Å².